The van der Waals surface area contributed by atoms with Crippen LogP contribution in [0.15, 0.2) is 47.1 Å². The fraction of sp³-hybridized carbons (Fsp3) is 0.450. The first-order chi connectivity index (χ1) is 13.5. The van der Waals surface area contributed by atoms with Crippen LogP contribution in [0, 0.1) is 0 Å². The number of hydrogen-bond acceptors (Lipinski definition) is 5. The van der Waals surface area contributed by atoms with Gasteiger partial charge in [0.05, 0.1) is 18.6 Å². The van der Waals surface area contributed by atoms with Crippen molar-refractivity contribution in [2.75, 3.05) is 19.5 Å². The third-order valence-electron chi connectivity index (χ3n) is 4.54. The highest BCUT2D eigenvalue weighted by molar-refractivity contribution is 7.89. The lowest BCUT2D eigenvalue weighted by molar-refractivity contribution is 0.0951. The second kappa shape index (κ2) is 9.36. The Balaban J connectivity index is 1.69. The molecule has 0 saturated heterocycles. The molecule has 1 aliphatic rings. The molecule has 28 heavy (non-hydrogen) atoms. The van der Waals surface area contributed by atoms with E-state index in [1.54, 1.807) is 43.5 Å². The van der Waals surface area contributed by atoms with Crippen molar-refractivity contribution in [2.24, 2.45) is 0 Å². The summed E-state index contributed by atoms with van der Waals surface area (Å²) in [5.41, 5.74) is 1.39. The molecule has 1 saturated carbocycles. The molecule has 0 unspecified atom stereocenters. The molecule has 0 spiro atoms. The minimum Gasteiger partial charge on any atom is -0.468 e. The highest BCUT2D eigenvalue weighted by Crippen LogP contribution is 2.20. The number of nitrogens with zero attached hydrogens (tertiary/aromatic N) is 1. The molecule has 0 bridgehead atoms. The molecule has 2 aromatic rings. The zero-order valence-corrected chi connectivity index (χ0v) is 16.8. The van der Waals surface area contributed by atoms with Crippen LogP contribution in [0.2, 0.25) is 0 Å². The highest BCUT2D eigenvalue weighted by atomic mass is 32.2. The summed E-state index contributed by atoms with van der Waals surface area (Å²) in [4.78, 5) is 12.1. The van der Waals surface area contributed by atoms with E-state index < -0.39 is 10.0 Å². The number of furan rings is 1. The molecule has 7 nitrogen and oxygen atoms in total. The predicted molar refractivity (Wildman–Crippen MR) is 105 cm³/mol. The lowest BCUT2D eigenvalue weighted by Crippen LogP contribution is -2.32. The molecular weight excluding hydrogens is 380 g/mol. The summed E-state index contributed by atoms with van der Waals surface area (Å²) in [6.07, 6.45) is 4.02. The Morgan fingerprint density at radius 1 is 1.21 bits per heavy atom. The van der Waals surface area contributed by atoms with Crippen molar-refractivity contribution in [2.45, 2.75) is 38.4 Å². The van der Waals surface area contributed by atoms with Crippen LogP contribution < -0.4 is 5.32 Å². The Kier molecular flexibility index (Phi) is 6.88. The maximum absolute atomic E-state index is 12.8. The SMILES string of the molecule is COCCCS(=O)(=O)N(Cc1ccc(C(=O)NC2CC2)cc1)Cc1ccco1. The molecule has 1 amide bonds. The van der Waals surface area contributed by atoms with Crippen molar-refractivity contribution in [3.05, 3.63) is 59.5 Å². The number of methoxy groups -OCH3 is 1. The van der Waals surface area contributed by atoms with Gasteiger partial charge < -0.3 is 14.5 Å². The molecule has 1 aliphatic carbocycles. The van der Waals surface area contributed by atoms with Gasteiger partial charge in [-0.15, -0.1) is 0 Å². The van der Waals surface area contributed by atoms with Gasteiger partial charge in [0.15, 0.2) is 0 Å². The number of carbonyl (C=O) groups excluding carboxylic acids is 1. The molecule has 8 heteroatoms. The smallest absolute Gasteiger partial charge is 0.251 e. The van der Waals surface area contributed by atoms with Gasteiger partial charge in [0.25, 0.3) is 5.91 Å². The third-order valence-corrected chi connectivity index (χ3v) is 6.39. The van der Waals surface area contributed by atoms with Crippen molar-refractivity contribution in [1.82, 2.24) is 9.62 Å². The number of benzene rings is 1. The lowest BCUT2D eigenvalue weighted by Gasteiger charge is -2.21. The van der Waals surface area contributed by atoms with Crippen LogP contribution in [0.4, 0.5) is 0 Å². The summed E-state index contributed by atoms with van der Waals surface area (Å²) in [5, 5.41) is 2.94. The highest BCUT2D eigenvalue weighted by Gasteiger charge is 2.25. The van der Waals surface area contributed by atoms with Crippen LogP contribution in [0.25, 0.3) is 0 Å². The molecule has 0 atom stereocenters. The summed E-state index contributed by atoms with van der Waals surface area (Å²) >= 11 is 0. The minimum atomic E-state index is -3.49. The standard InChI is InChI=1S/C20H26N2O5S/c1-26-11-3-13-28(24,25)22(15-19-4-2-12-27-19)14-16-5-7-17(8-6-16)20(23)21-18-9-10-18/h2,4-8,12,18H,3,9-11,13-15H2,1H3,(H,21,23). The molecule has 1 aromatic carbocycles. The van der Waals surface area contributed by atoms with Gasteiger partial charge in [0.1, 0.15) is 5.76 Å². The van der Waals surface area contributed by atoms with E-state index in [1.165, 1.54) is 10.6 Å². The number of carbonyl (C=O) groups is 1. The lowest BCUT2D eigenvalue weighted by atomic mass is 10.1. The number of ether oxygens (including phenoxy) is 1. The Morgan fingerprint density at radius 2 is 1.96 bits per heavy atom. The number of rotatable bonds is 11. The molecule has 1 aromatic heterocycles. The number of amides is 1. The maximum Gasteiger partial charge on any atom is 0.251 e. The van der Waals surface area contributed by atoms with Crippen LogP contribution >= 0.6 is 0 Å². The van der Waals surface area contributed by atoms with E-state index in [0.29, 0.717) is 30.4 Å². The van der Waals surface area contributed by atoms with Gasteiger partial charge in [-0.25, -0.2) is 8.42 Å². The summed E-state index contributed by atoms with van der Waals surface area (Å²) in [5.74, 6) is 0.494. The Morgan fingerprint density at radius 3 is 2.57 bits per heavy atom. The van der Waals surface area contributed by atoms with Gasteiger partial charge >= 0.3 is 0 Å². The van der Waals surface area contributed by atoms with Crippen molar-refractivity contribution >= 4 is 15.9 Å². The van der Waals surface area contributed by atoms with Crippen LogP contribution in [0.3, 0.4) is 0 Å². The van der Waals surface area contributed by atoms with Gasteiger partial charge in [0, 0.05) is 31.9 Å². The monoisotopic (exact) mass is 406 g/mol. The van der Waals surface area contributed by atoms with E-state index in [1.807, 2.05) is 0 Å². The van der Waals surface area contributed by atoms with E-state index in [0.717, 1.165) is 18.4 Å². The van der Waals surface area contributed by atoms with Gasteiger partial charge in [-0.2, -0.15) is 4.31 Å². The van der Waals surface area contributed by atoms with Crippen molar-refractivity contribution < 1.29 is 22.4 Å². The van der Waals surface area contributed by atoms with Crippen molar-refractivity contribution in [1.29, 1.82) is 0 Å². The van der Waals surface area contributed by atoms with E-state index >= 15 is 0 Å². The molecule has 1 heterocycles. The van der Waals surface area contributed by atoms with Crippen LogP contribution in [0.5, 0.6) is 0 Å². The zero-order chi connectivity index (χ0) is 20.0. The van der Waals surface area contributed by atoms with Gasteiger partial charge in [-0.1, -0.05) is 12.1 Å². The summed E-state index contributed by atoms with van der Waals surface area (Å²) in [7, 11) is -1.94. The van der Waals surface area contributed by atoms with Crippen molar-refractivity contribution in [3.63, 3.8) is 0 Å². The largest absolute Gasteiger partial charge is 0.468 e. The first kappa shape index (κ1) is 20.6. The molecule has 0 aliphatic heterocycles. The van der Waals surface area contributed by atoms with Gasteiger partial charge in [0.2, 0.25) is 10.0 Å². The Bertz CT molecular complexity index is 859. The van der Waals surface area contributed by atoms with Crippen LogP contribution in [-0.4, -0.2) is 44.1 Å². The molecule has 3 rings (SSSR count). The fourth-order valence-electron chi connectivity index (χ4n) is 2.81. The fourth-order valence-corrected chi connectivity index (χ4v) is 4.22. The third kappa shape index (κ3) is 5.92. The van der Waals surface area contributed by atoms with E-state index in [9.17, 15) is 13.2 Å². The van der Waals surface area contributed by atoms with Crippen LogP contribution in [-0.2, 0) is 27.8 Å². The first-order valence-corrected chi connectivity index (χ1v) is 11.0. The minimum absolute atomic E-state index is 0.00340. The maximum atomic E-state index is 12.8. The van der Waals surface area contributed by atoms with Gasteiger partial charge in [-0.05, 0) is 49.1 Å². The Labute approximate surface area is 165 Å². The summed E-state index contributed by atoms with van der Waals surface area (Å²) in [6.45, 7) is 0.755. The number of nitrogens with one attached hydrogen (secondary N) is 1. The second-order valence-corrected chi connectivity index (χ2v) is 9.04. The molecule has 152 valence electrons. The van der Waals surface area contributed by atoms with E-state index in [-0.39, 0.29) is 24.7 Å². The molecular formula is C20H26N2O5S. The average Bonchev–Trinajstić information content (AvgIpc) is 3.33. The van der Waals surface area contributed by atoms with Gasteiger partial charge in [-0.3, -0.25) is 4.79 Å². The number of hydrogen-bond donors (Lipinski definition) is 1. The summed E-state index contributed by atoms with van der Waals surface area (Å²) in [6, 6.07) is 10.8. The van der Waals surface area contributed by atoms with Crippen molar-refractivity contribution in [3.8, 4) is 0 Å². The predicted octanol–water partition coefficient (Wildman–Crippen LogP) is 2.54. The zero-order valence-electron chi connectivity index (χ0n) is 16.0. The quantitative estimate of drug-likeness (QED) is 0.579. The van der Waals surface area contributed by atoms with E-state index in [2.05, 4.69) is 5.32 Å². The topological polar surface area (TPSA) is 88.9 Å². The normalized spacial score (nSPS) is 14.4. The Hall–Kier alpha value is -2.16. The number of sulfonamides is 1. The second-order valence-electron chi connectivity index (χ2n) is 6.95. The molecule has 1 N–H and O–H groups in total. The average molecular weight is 407 g/mol. The molecule has 0 radical (unpaired) electrons. The summed E-state index contributed by atoms with van der Waals surface area (Å²) < 4.78 is 37.3. The first-order valence-electron chi connectivity index (χ1n) is 9.37. The van der Waals surface area contributed by atoms with E-state index in [4.69, 9.17) is 9.15 Å². The van der Waals surface area contributed by atoms with Crippen LogP contribution in [0.1, 0.15) is 40.9 Å². The molecule has 1 fully saturated rings.